The van der Waals surface area contributed by atoms with E-state index in [1.54, 1.807) is 42.5 Å². The number of aromatic hydroxyl groups is 3. The van der Waals surface area contributed by atoms with Gasteiger partial charge in [-0.05, 0) is 54.1 Å². The molecule has 0 spiro atoms. The lowest BCUT2D eigenvalue weighted by molar-refractivity contribution is 0.445. The van der Waals surface area contributed by atoms with E-state index in [0.29, 0.717) is 11.3 Å². The molecular formula is C19H16FNO3. The van der Waals surface area contributed by atoms with Gasteiger partial charge < -0.3 is 20.6 Å². The van der Waals surface area contributed by atoms with Crippen molar-refractivity contribution in [2.24, 2.45) is 0 Å². The van der Waals surface area contributed by atoms with E-state index in [0.717, 1.165) is 5.56 Å². The average Bonchev–Trinajstić information content (AvgIpc) is 2.56. The van der Waals surface area contributed by atoms with Crippen LogP contribution >= 0.6 is 0 Å². The van der Waals surface area contributed by atoms with Gasteiger partial charge in [0.25, 0.3) is 0 Å². The average molecular weight is 325 g/mol. The molecule has 3 rings (SSSR count). The van der Waals surface area contributed by atoms with E-state index in [1.165, 1.54) is 24.3 Å². The molecule has 4 N–H and O–H groups in total. The molecule has 1 atom stereocenters. The number of halogens is 1. The topological polar surface area (TPSA) is 72.7 Å². The van der Waals surface area contributed by atoms with Crippen LogP contribution < -0.4 is 5.32 Å². The zero-order valence-corrected chi connectivity index (χ0v) is 12.6. The van der Waals surface area contributed by atoms with Crippen LogP contribution in [0.1, 0.15) is 17.2 Å². The molecule has 122 valence electrons. The Morgan fingerprint density at radius 3 is 2.00 bits per heavy atom. The molecule has 0 bridgehead atoms. The number of nitrogens with one attached hydrogen (secondary N) is 1. The van der Waals surface area contributed by atoms with E-state index in [-0.39, 0.29) is 23.1 Å². The Morgan fingerprint density at radius 1 is 0.750 bits per heavy atom. The molecule has 5 heteroatoms. The predicted molar refractivity (Wildman–Crippen MR) is 89.7 cm³/mol. The highest BCUT2D eigenvalue weighted by Crippen LogP contribution is 2.34. The zero-order chi connectivity index (χ0) is 17.1. The van der Waals surface area contributed by atoms with Gasteiger partial charge in [-0.2, -0.15) is 0 Å². The molecule has 3 aromatic carbocycles. The first-order valence-corrected chi connectivity index (χ1v) is 7.36. The van der Waals surface area contributed by atoms with Gasteiger partial charge in [0, 0.05) is 17.3 Å². The SMILES string of the molecule is Oc1ccc(C(Nc2ccc(F)cc2)c2ccc(O)cc2O)cc1. The summed E-state index contributed by atoms with van der Waals surface area (Å²) in [5, 5.41) is 32.4. The van der Waals surface area contributed by atoms with Crippen molar-refractivity contribution < 1.29 is 19.7 Å². The zero-order valence-electron chi connectivity index (χ0n) is 12.6. The van der Waals surface area contributed by atoms with Crippen LogP contribution in [0.4, 0.5) is 10.1 Å². The van der Waals surface area contributed by atoms with E-state index in [1.807, 2.05) is 0 Å². The fourth-order valence-corrected chi connectivity index (χ4v) is 2.50. The largest absolute Gasteiger partial charge is 0.508 e. The minimum atomic E-state index is -0.448. The number of anilines is 1. The van der Waals surface area contributed by atoms with Gasteiger partial charge in [0.15, 0.2) is 0 Å². The van der Waals surface area contributed by atoms with Crippen LogP contribution in [0.3, 0.4) is 0 Å². The molecule has 24 heavy (non-hydrogen) atoms. The van der Waals surface area contributed by atoms with Crippen LogP contribution in [0.2, 0.25) is 0 Å². The van der Waals surface area contributed by atoms with E-state index in [2.05, 4.69) is 5.32 Å². The minimum absolute atomic E-state index is 0.0394. The predicted octanol–water partition coefficient (Wildman–Crippen LogP) is 4.14. The van der Waals surface area contributed by atoms with Crippen molar-refractivity contribution >= 4 is 5.69 Å². The molecular weight excluding hydrogens is 309 g/mol. The number of phenolic OH excluding ortho intramolecular Hbond substituents is 3. The second kappa shape index (κ2) is 6.50. The third-order valence-electron chi connectivity index (χ3n) is 3.71. The van der Waals surface area contributed by atoms with Crippen molar-refractivity contribution in [3.8, 4) is 17.2 Å². The van der Waals surface area contributed by atoms with Crippen molar-refractivity contribution in [3.05, 3.63) is 83.7 Å². The highest BCUT2D eigenvalue weighted by atomic mass is 19.1. The summed E-state index contributed by atoms with van der Waals surface area (Å²) in [7, 11) is 0. The van der Waals surface area contributed by atoms with Gasteiger partial charge in [-0.3, -0.25) is 0 Å². The summed E-state index contributed by atoms with van der Waals surface area (Å²) >= 11 is 0. The number of phenols is 3. The minimum Gasteiger partial charge on any atom is -0.508 e. The van der Waals surface area contributed by atoms with Crippen LogP contribution in [-0.4, -0.2) is 15.3 Å². The third kappa shape index (κ3) is 3.41. The van der Waals surface area contributed by atoms with Crippen LogP contribution in [0.5, 0.6) is 17.2 Å². The summed E-state index contributed by atoms with van der Waals surface area (Å²) in [6, 6.07) is 16.3. The van der Waals surface area contributed by atoms with Gasteiger partial charge in [-0.25, -0.2) is 4.39 Å². The summed E-state index contributed by atoms with van der Waals surface area (Å²) in [6.07, 6.45) is 0. The second-order valence-electron chi connectivity index (χ2n) is 5.42. The van der Waals surface area contributed by atoms with Crippen LogP contribution in [0.15, 0.2) is 66.7 Å². The maximum Gasteiger partial charge on any atom is 0.124 e. The van der Waals surface area contributed by atoms with Crippen molar-refractivity contribution in [1.29, 1.82) is 0 Å². The summed E-state index contributed by atoms with van der Waals surface area (Å²) < 4.78 is 13.1. The smallest absolute Gasteiger partial charge is 0.124 e. The first-order valence-electron chi connectivity index (χ1n) is 7.36. The number of rotatable bonds is 4. The molecule has 1 unspecified atom stereocenters. The monoisotopic (exact) mass is 325 g/mol. The molecule has 0 aliphatic carbocycles. The van der Waals surface area contributed by atoms with E-state index < -0.39 is 6.04 Å². The Labute approximate surface area is 138 Å². The summed E-state index contributed by atoms with van der Waals surface area (Å²) in [5.74, 6) is -0.311. The van der Waals surface area contributed by atoms with Gasteiger partial charge in [0.1, 0.15) is 23.1 Å². The lowest BCUT2D eigenvalue weighted by Crippen LogP contribution is -2.12. The Balaban J connectivity index is 2.02. The van der Waals surface area contributed by atoms with E-state index in [9.17, 15) is 19.7 Å². The molecule has 0 radical (unpaired) electrons. The first-order chi connectivity index (χ1) is 11.5. The number of hydrogen-bond acceptors (Lipinski definition) is 4. The maximum absolute atomic E-state index is 13.1. The normalized spacial score (nSPS) is 11.9. The van der Waals surface area contributed by atoms with Crippen molar-refractivity contribution in [1.82, 2.24) is 0 Å². The van der Waals surface area contributed by atoms with Gasteiger partial charge >= 0.3 is 0 Å². The molecule has 0 amide bonds. The summed E-state index contributed by atoms with van der Waals surface area (Å²) in [5.41, 5.74) is 2.00. The molecule has 4 nitrogen and oxygen atoms in total. The van der Waals surface area contributed by atoms with E-state index in [4.69, 9.17) is 0 Å². The summed E-state index contributed by atoms with van der Waals surface area (Å²) in [6.45, 7) is 0. The highest BCUT2D eigenvalue weighted by Gasteiger charge is 2.18. The van der Waals surface area contributed by atoms with Gasteiger partial charge in [0.05, 0.1) is 6.04 Å². The fourth-order valence-electron chi connectivity index (χ4n) is 2.50. The van der Waals surface area contributed by atoms with Gasteiger partial charge in [-0.1, -0.05) is 12.1 Å². The van der Waals surface area contributed by atoms with Crippen LogP contribution in [0, 0.1) is 5.82 Å². The molecule has 3 aromatic rings. The van der Waals surface area contributed by atoms with Gasteiger partial charge in [-0.15, -0.1) is 0 Å². The molecule has 0 aromatic heterocycles. The van der Waals surface area contributed by atoms with Crippen molar-refractivity contribution in [2.45, 2.75) is 6.04 Å². The highest BCUT2D eigenvalue weighted by molar-refractivity contribution is 5.53. The Hall–Kier alpha value is -3.21. The Morgan fingerprint density at radius 2 is 1.38 bits per heavy atom. The molecule has 0 saturated carbocycles. The second-order valence-corrected chi connectivity index (χ2v) is 5.42. The molecule has 0 heterocycles. The summed E-state index contributed by atoms with van der Waals surface area (Å²) in [4.78, 5) is 0. The molecule has 0 fully saturated rings. The maximum atomic E-state index is 13.1. The lowest BCUT2D eigenvalue weighted by Gasteiger charge is -2.22. The quantitative estimate of drug-likeness (QED) is 0.581. The molecule has 0 aliphatic heterocycles. The number of hydrogen-bond donors (Lipinski definition) is 4. The van der Waals surface area contributed by atoms with Crippen LogP contribution in [-0.2, 0) is 0 Å². The van der Waals surface area contributed by atoms with Crippen molar-refractivity contribution in [2.75, 3.05) is 5.32 Å². The Kier molecular flexibility index (Phi) is 4.24. The molecule has 0 aliphatic rings. The fraction of sp³-hybridized carbons (Fsp3) is 0.0526. The standard InChI is InChI=1S/C19H16FNO3/c20-13-3-5-14(6-4-13)21-19(12-1-7-15(22)8-2-12)17-10-9-16(23)11-18(17)24/h1-11,19,21-24H. The Bertz CT molecular complexity index is 832. The lowest BCUT2D eigenvalue weighted by atomic mass is 9.97. The number of benzene rings is 3. The molecule has 0 saturated heterocycles. The third-order valence-corrected chi connectivity index (χ3v) is 3.71. The first kappa shape index (κ1) is 15.7. The van der Waals surface area contributed by atoms with E-state index >= 15 is 0 Å². The van der Waals surface area contributed by atoms with Gasteiger partial charge in [0.2, 0.25) is 0 Å². The van der Waals surface area contributed by atoms with Crippen LogP contribution in [0.25, 0.3) is 0 Å². The van der Waals surface area contributed by atoms with Crippen molar-refractivity contribution in [3.63, 3.8) is 0 Å².